The highest BCUT2D eigenvalue weighted by Crippen LogP contribution is 2.38. The van der Waals surface area contributed by atoms with Gasteiger partial charge in [0.2, 0.25) is 5.91 Å². The van der Waals surface area contributed by atoms with E-state index in [-0.39, 0.29) is 12.0 Å². The SMILES string of the molecule is CCC1CC(C(=O)O)C(C(=O)NCCCC(C)O)C1. The maximum atomic E-state index is 12.0. The minimum Gasteiger partial charge on any atom is -0.481 e. The molecule has 110 valence electrons. The van der Waals surface area contributed by atoms with E-state index in [1.807, 2.05) is 6.92 Å². The Hall–Kier alpha value is -1.10. The molecule has 0 aliphatic heterocycles. The second-order valence-electron chi connectivity index (χ2n) is 5.58. The molecule has 1 amide bonds. The van der Waals surface area contributed by atoms with Gasteiger partial charge < -0.3 is 15.5 Å². The predicted octanol–water partition coefficient (Wildman–Crippen LogP) is 1.40. The minimum atomic E-state index is -0.861. The topological polar surface area (TPSA) is 86.6 Å². The molecule has 0 aromatic carbocycles. The lowest BCUT2D eigenvalue weighted by Gasteiger charge is -2.15. The quantitative estimate of drug-likeness (QED) is 0.611. The Balaban J connectivity index is 2.43. The summed E-state index contributed by atoms with van der Waals surface area (Å²) < 4.78 is 0. The second kappa shape index (κ2) is 7.48. The highest BCUT2D eigenvalue weighted by Gasteiger charge is 2.41. The first-order valence-corrected chi connectivity index (χ1v) is 7.14. The summed E-state index contributed by atoms with van der Waals surface area (Å²) in [5.41, 5.74) is 0. The second-order valence-corrected chi connectivity index (χ2v) is 5.58. The number of amides is 1. The Morgan fingerprint density at radius 3 is 2.47 bits per heavy atom. The monoisotopic (exact) mass is 271 g/mol. The highest BCUT2D eigenvalue weighted by atomic mass is 16.4. The average Bonchev–Trinajstić information content (AvgIpc) is 2.78. The summed E-state index contributed by atoms with van der Waals surface area (Å²) in [6, 6.07) is 0. The zero-order valence-corrected chi connectivity index (χ0v) is 11.8. The number of carboxylic acids is 1. The third kappa shape index (κ3) is 4.82. The molecule has 1 aliphatic rings. The summed E-state index contributed by atoms with van der Waals surface area (Å²) in [6.45, 7) is 4.25. The third-order valence-corrected chi connectivity index (χ3v) is 3.99. The fraction of sp³-hybridized carbons (Fsp3) is 0.857. The smallest absolute Gasteiger partial charge is 0.307 e. The van der Waals surface area contributed by atoms with Gasteiger partial charge in [-0.1, -0.05) is 13.3 Å². The van der Waals surface area contributed by atoms with Crippen LogP contribution in [-0.2, 0) is 9.59 Å². The van der Waals surface area contributed by atoms with Gasteiger partial charge in [-0.05, 0) is 38.5 Å². The van der Waals surface area contributed by atoms with E-state index in [1.165, 1.54) is 0 Å². The highest BCUT2D eigenvalue weighted by molar-refractivity contribution is 5.85. The van der Waals surface area contributed by atoms with Gasteiger partial charge in [0.15, 0.2) is 0 Å². The van der Waals surface area contributed by atoms with Crippen molar-refractivity contribution < 1.29 is 19.8 Å². The van der Waals surface area contributed by atoms with E-state index in [4.69, 9.17) is 5.11 Å². The predicted molar refractivity (Wildman–Crippen MR) is 71.6 cm³/mol. The number of carboxylic acid groups (broad SMARTS) is 1. The van der Waals surface area contributed by atoms with Crippen LogP contribution >= 0.6 is 0 Å². The van der Waals surface area contributed by atoms with Crippen LogP contribution in [0.25, 0.3) is 0 Å². The number of aliphatic hydroxyl groups is 1. The Kier molecular flexibility index (Phi) is 6.28. The lowest BCUT2D eigenvalue weighted by atomic mass is 9.95. The fourth-order valence-corrected chi connectivity index (χ4v) is 2.78. The van der Waals surface area contributed by atoms with Gasteiger partial charge in [0, 0.05) is 6.54 Å². The molecule has 0 spiro atoms. The van der Waals surface area contributed by atoms with E-state index in [9.17, 15) is 14.7 Å². The van der Waals surface area contributed by atoms with E-state index in [0.29, 0.717) is 38.1 Å². The minimum absolute atomic E-state index is 0.144. The Morgan fingerprint density at radius 1 is 1.32 bits per heavy atom. The van der Waals surface area contributed by atoms with E-state index < -0.39 is 17.8 Å². The molecule has 1 fully saturated rings. The molecule has 0 heterocycles. The van der Waals surface area contributed by atoms with Gasteiger partial charge in [-0.2, -0.15) is 0 Å². The molecular weight excluding hydrogens is 246 g/mol. The van der Waals surface area contributed by atoms with Crippen LogP contribution < -0.4 is 5.32 Å². The van der Waals surface area contributed by atoms with Crippen molar-refractivity contribution in [1.82, 2.24) is 5.32 Å². The summed E-state index contributed by atoms with van der Waals surface area (Å²) in [6.07, 6.45) is 3.21. The molecule has 0 aromatic rings. The van der Waals surface area contributed by atoms with Crippen molar-refractivity contribution >= 4 is 11.9 Å². The number of aliphatic hydroxyl groups excluding tert-OH is 1. The van der Waals surface area contributed by atoms with Crippen molar-refractivity contribution in [3.8, 4) is 0 Å². The van der Waals surface area contributed by atoms with E-state index in [1.54, 1.807) is 6.92 Å². The lowest BCUT2D eigenvalue weighted by molar-refractivity contribution is -0.146. The molecule has 4 atom stereocenters. The first kappa shape index (κ1) is 16.0. The number of aliphatic carboxylic acids is 1. The number of hydrogen-bond donors (Lipinski definition) is 3. The van der Waals surface area contributed by atoms with Crippen LogP contribution in [0.15, 0.2) is 0 Å². The molecule has 4 unspecified atom stereocenters. The molecule has 1 rings (SSSR count). The molecule has 1 saturated carbocycles. The van der Waals surface area contributed by atoms with Gasteiger partial charge in [-0.25, -0.2) is 0 Å². The van der Waals surface area contributed by atoms with Crippen LogP contribution in [-0.4, -0.2) is 34.7 Å². The summed E-state index contributed by atoms with van der Waals surface area (Å²) in [7, 11) is 0. The molecule has 5 heteroatoms. The van der Waals surface area contributed by atoms with Crippen molar-refractivity contribution in [2.24, 2.45) is 17.8 Å². The maximum absolute atomic E-state index is 12.0. The third-order valence-electron chi connectivity index (χ3n) is 3.99. The van der Waals surface area contributed by atoms with Crippen LogP contribution in [0, 0.1) is 17.8 Å². The molecule has 5 nitrogen and oxygen atoms in total. The van der Waals surface area contributed by atoms with Crippen molar-refractivity contribution in [2.45, 2.75) is 52.1 Å². The van der Waals surface area contributed by atoms with Crippen molar-refractivity contribution in [3.63, 3.8) is 0 Å². The number of nitrogens with one attached hydrogen (secondary N) is 1. The summed E-state index contributed by atoms with van der Waals surface area (Å²) in [5.74, 6) is -1.60. The Morgan fingerprint density at radius 2 is 1.95 bits per heavy atom. The van der Waals surface area contributed by atoms with Crippen molar-refractivity contribution in [2.75, 3.05) is 6.54 Å². The van der Waals surface area contributed by atoms with E-state index in [0.717, 1.165) is 6.42 Å². The molecule has 3 N–H and O–H groups in total. The Labute approximate surface area is 114 Å². The number of rotatable bonds is 7. The molecule has 1 aliphatic carbocycles. The van der Waals surface area contributed by atoms with E-state index in [2.05, 4.69) is 5.32 Å². The van der Waals surface area contributed by atoms with Gasteiger partial charge in [0.1, 0.15) is 0 Å². The summed E-state index contributed by atoms with van der Waals surface area (Å²) in [5, 5.41) is 21.1. The number of hydrogen-bond acceptors (Lipinski definition) is 3. The molecule has 0 bridgehead atoms. The standard InChI is InChI=1S/C14H25NO4/c1-3-10-7-11(12(8-10)14(18)19)13(17)15-6-4-5-9(2)16/h9-12,16H,3-8H2,1-2H3,(H,15,17)(H,18,19). The van der Waals surface area contributed by atoms with Gasteiger partial charge in [-0.3, -0.25) is 9.59 Å². The van der Waals surface area contributed by atoms with Crippen LogP contribution in [0.4, 0.5) is 0 Å². The molecule has 19 heavy (non-hydrogen) atoms. The normalized spacial score (nSPS) is 28.1. The molecule has 0 radical (unpaired) electrons. The van der Waals surface area contributed by atoms with Gasteiger partial charge in [-0.15, -0.1) is 0 Å². The maximum Gasteiger partial charge on any atom is 0.307 e. The van der Waals surface area contributed by atoms with Crippen LogP contribution in [0.5, 0.6) is 0 Å². The zero-order valence-electron chi connectivity index (χ0n) is 11.8. The van der Waals surface area contributed by atoms with Crippen LogP contribution in [0.1, 0.15) is 46.0 Å². The van der Waals surface area contributed by atoms with E-state index >= 15 is 0 Å². The number of carbonyl (C=O) groups excluding carboxylic acids is 1. The largest absolute Gasteiger partial charge is 0.481 e. The average molecular weight is 271 g/mol. The first-order chi connectivity index (χ1) is 8.95. The molecule has 0 saturated heterocycles. The summed E-state index contributed by atoms with van der Waals surface area (Å²) in [4.78, 5) is 23.2. The summed E-state index contributed by atoms with van der Waals surface area (Å²) >= 11 is 0. The molecule has 0 aromatic heterocycles. The van der Waals surface area contributed by atoms with Crippen molar-refractivity contribution in [3.05, 3.63) is 0 Å². The Bertz CT molecular complexity index is 317. The van der Waals surface area contributed by atoms with Gasteiger partial charge in [0.25, 0.3) is 0 Å². The van der Waals surface area contributed by atoms with Crippen LogP contribution in [0.3, 0.4) is 0 Å². The van der Waals surface area contributed by atoms with Gasteiger partial charge in [0.05, 0.1) is 17.9 Å². The van der Waals surface area contributed by atoms with Crippen LogP contribution in [0.2, 0.25) is 0 Å². The zero-order chi connectivity index (χ0) is 14.4. The molecular formula is C14H25NO4. The fourth-order valence-electron chi connectivity index (χ4n) is 2.78. The lowest BCUT2D eigenvalue weighted by Crippen LogP contribution is -2.35. The van der Waals surface area contributed by atoms with Crippen molar-refractivity contribution in [1.29, 1.82) is 0 Å². The first-order valence-electron chi connectivity index (χ1n) is 7.14. The van der Waals surface area contributed by atoms with Gasteiger partial charge >= 0.3 is 5.97 Å². The number of carbonyl (C=O) groups is 2.